The molecule has 1 heterocycles. The molecule has 1 aromatic carbocycles. The number of carbonyl (C=O) groups excluding carboxylic acids is 1. The molecule has 0 bridgehead atoms. The normalized spacial score (nSPS) is 16.6. The van der Waals surface area contributed by atoms with Gasteiger partial charge in [-0.3, -0.25) is 9.48 Å². The molecule has 2 aromatic rings. The van der Waals surface area contributed by atoms with Crippen LogP contribution in [0.25, 0.3) is 0 Å². The van der Waals surface area contributed by atoms with Gasteiger partial charge < -0.3 is 4.74 Å². The predicted octanol–water partition coefficient (Wildman–Crippen LogP) is 4.28. The van der Waals surface area contributed by atoms with E-state index in [4.69, 9.17) is 4.74 Å². The minimum Gasteiger partial charge on any atom is -0.465 e. The maximum atomic E-state index is 13.4. The highest BCUT2D eigenvalue weighted by molar-refractivity contribution is 7.99. The monoisotopic (exact) mass is 505 g/mol. The van der Waals surface area contributed by atoms with E-state index in [1.165, 1.54) is 24.0 Å². The van der Waals surface area contributed by atoms with Crippen LogP contribution < -0.4 is 0 Å². The summed E-state index contributed by atoms with van der Waals surface area (Å²) >= 11 is 1.14. The standard InChI is InChI=1S/C21H26F3N3O4S2/c1-4-31-20(28)13-27-19-8-6-7-18(17(19)12-25-27)26(3)33(29,30)16-10-14(21(22,23)24)9-15(11-16)32-5-2/h9-12,18H,4-8,13H2,1-3H3/t18-/m1/s1. The number of rotatable bonds is 8. The Hall–Kier alpha value is -2.05. The Bertz CT molecular complexity index is 1120. The fraction of sp³-hybridized carbons (Fsp3) is 0.524. The van der Waals surface area contributed by atoms with Gasteiger partial charge in [0, 0.05) is 23.2 Å². The molecule has 12 heteroatoms. The Morgan fingerprint density at radius 3 is 2.67 bits per heavy atom. The Morgan fingerprint density at radius 2 is 2.03 bits per heavy atom. The van der Waals surface area contributed by atoms with Crippen LogP contribution in [0.3, 0.4) is 0 Å². The van der Waals surface area contributed by atoms with Crippen molar-refractivity contribution in [3.63, 3.8) is 0 Å². The molecule has 1 aliphatic rings. The summed E-state index contributed by atoms with van der Waals surface area (Å²) in [6, 6.07) is 2.32. The second-order valence-electron chi connectivity index (χ2n) is 7.56. The zero-order valence-electron chi connectivity index (χ0n) is 18.6. The lowest BCUT2D eigenvalue weighted by atomic mass is 9.93. The number of hydrogen-bond donors (Lipinski definition) is 0. The molecule has 0 amide bonds. The highest BCUT2D eigenvalue weighted by atomic mass is 32.2. The van der Waals surface area contributed by atoms with E-state index < -0.39 is 38.7 Å². The van der Waals surface area contributed by atoms with Gasteiger partial charge in [0.25, 0.3) is 0 Å². The molecule has 1 atom stereocenters. The lowest BCUT2D eigenvalue weighted by Gasteiger charge is -2.31. The van der Waals surface area contributed by atoms with Crippen molar-refractivity contribution >= 4 is 27.8 Å². The third-order valence-electron chi connectivity index (χ3n) is 5.45. The summed E-state index contributed by atoms with van der Waals surface area (Å²) < 4.78 is 74.6. The van der Waals surface area contributed by atoms with Crippen LogP contribution in [0, 0.1) is 0 Å². The van der Waals surface area contributed by atoms with Crippen molar-refractivity contribution in [1.82, 2.24) is 14.1 Å². The molecule has 182 valence electrons. The van der Waals surface area contributed by atoms with Gasteiger partial charge in [0.05, 0.1) is 29.3 Å². The van der Waals surface area contributed by atoms with Crippen LogP contribution in [-0.4, -0.2) is 47.9 Å². The average Bonchev–Trinajstić information content (AvgIpc) is 3.15. The molecular weight excluding hydrogens is 479 g/mol. The number of sulfonamides is 1. The molecule has 7 nitrogen and oxygen atoms in total. The second-order valence-corrected chi connectivity index (χ2v) is 10.9. The summed E-state index contributed by atoms with van der Waals surface area (Å²) in [7, 11) is -2.87. The largest absolute Gasteiger partial charge is 0.465 e. The van der Waals surface area contributed by atoms with Crippen molar-refractivity contribution in [1.29, 1.82) is 0 Å². The van der Waals surface area contributed by atoms with Crippen LogP contribution in [0.5, 0.6) is 0 Å². The number of thioether (sulfide) groups is 1. The zero-order chi connectivity index (χ0) is 24.4. The van der Waals surface area contributed by atoms with Crippen LogP contribution in [0.2, 0.25) is 0 Å². The maximum Gasteiger partial charge on any atom is 0.416 e. The van der Waals surface area contributed by atoms with Gasteiger partial charge >= 0.3 is 12.1 Å². The first kappa shape index (κ1) is 25.6. The van der Waals surface area contributed by atoms with Crippen molar-refractivity contribution < 1.29 is 31.1 Å². The SMILES string of the molecule is CCOC(=O)Cn1ncc2c1CCC[C@H]2N(C)S(=O)(=O)c1cc(SCC)cc(C(F)(F)F)c1. The number of carbonyl (C=O) groups is 1. The van der Waals surface area contributed by atoms with Gasteiger partial charge in [-0.05, 0) is 50.1 Å². The first-order chi connectivity index (χ1) is 15.5. The van der Waals surface area contributed by atoms with E-state index in [9.17, 15) is 26.4 Å². The number of aromatic nitrogens is 2. The van der Waals surface area contributed by atoms with Gasteiger partial charge in [-0.1, -0.05) is 6.92 Å². The number of halogens is 3. The van der Waals surface area contributed by atoms with E-state index in [1.54, 1.807) is 13.8 Å². The van der Waals surface area contributed by atoms with Gasteiger partial charge in [-0.25, -0.2) is 8.42 Å². The summed E-state index contributed by atoms with van der Waals surface area (Å²) in [5.74, 6) is 0.0545. The van der Waals surface area contributed by atoms with Gasteiger partial charge in [-0.15, -0.1) is 11.8 Å². The molecule has 0 radical (unpaired) electrons. The van der Waals surface area contributed by atoms with E-state index in [2.05, 4.69) is 5.10 Å². The zero-order valence-corrected chi connectivity index (χ0v) is 20.2. The fourth-order valence-electron chi connectivity index (χ4n) is 3.91. The number of ether oxygens (including phenoxy) is 1. The molecule has 0 unspecified atom stereocenters. The van der Waals surface area contributed by atoms with Gasteiger partial charge in [0.2, 0.25) is 10.0 Å². The fourth-order valence-corrected chi connectivity index (χ4v) is 6.17. The van der Waals surface area contributed by atoms with E-state index in [0.29, 0.717) is 36.6 Å². The molecule has 33 heavy (non-hydrogen) atoms. The van der Waals surface area contributed by atoms with Gasteiger partial charge in [0.15, 0.2) is 0 Å². The lowest BCUT2D eigenvalue weighted by Crippen LogP contribution is -2.33. The molecule has 0 spiro atoms. The Labute approximate surface area is 195 Å². The number of nitrogens with zero attached hydrogens (tertiary/aromatic N) is 3. The Morgan fingerprint density at radius 1 is 1.30 bits per heavy atom. The summed E-state index contributed by atoms with van der Waals surface area (Å²) in [6.45, 7) is 3.63. The van der Waals surface area contributed by atoms with Crippen molar-refractivity contribution in [3.8, 4) is 0 Å². The topological polar surface area (TPSA) is 81.5 Å². The van der Waals surface area contributed by atoms with Crippen molar-refractivity contribution in [2.75, 3.05) is 19.4 Å². The van der Waals surface area contributed by atoms with Crippen molar-refractivity contribution in [3.05, 3.63) is 41.2 Å². The molecule has 0 aliphatic heterocycles. The molecular formula is C21H26F3N3O4S2. The van der Waals surface area contributed by atoms with Gasteiger partial charge in [-0.2, -0.15) is 22.6 Å². The second kappa shape index (κ2) is 10.1. The quantitative estimate of drug-likeness (QED) is 0.394. The van der Waals surface area contributed by atoms with E-state index in [-0.39, 0.29) is 18.0 Å². The number of fused-ring (bicyclic) bond motifs is 1. The summed E-state index contributed by atoms with van der Waals surface area (Å²) in [5.41, 5.74) is 0.374. The van der Waals surface area contributed by atoms with Crippen LogP contribution in [-0.2, 0) is 38.7 Å². The maximum absolute atomic E-state index is 13.4. The first-order valence-electron chi connectivity index (χ1n) is 10.5. The number of benzene rings is 1. The molecule has 0 saturated carbocycles. The predicted molar refractivity (Wildman–Crippen MR) is 117 cm³/mol. The smallest absolute Gasteiger partial charge is 0.416 e. The molecule has 1 aliphatic carbocycles. The highest BCUT2D eigenvalue weighted by Crippen LogP contribution is 2.39. The number of alkyl halides is 3. The van der Waals surface area contributed by atoms with Crippen molar-refractivity contribution in [2.24, 2.45) is 0 Å². The van der Waals surface area contributed by atoms with E-state index >= 15 is 0 Å². The minimum absolute atomic E-state index is 0.0857. The third-order valence-corrected chi connectivity index (χ3v) is 8.15. The van der Waals surface area contributed by atoms with Crippen LogP contribution in [0.15, 0.2) is 34.2 Å². The minimum atomic E-state index is -4.67. The summed E-state index contributed by atoms with van der Waals surface area (Å²) in [6.07, 6.45) is -1.40. The number of esters is 1. The van der Waals surface area contributed by atoms with Crippen LogP contribution in [0.4, 0.5) is 13.2 Å². The summed E-state index contributed by atoms with van der Waals surface area (Å²) in [5, 5.41) is 4.23. The molecule has 1 aromatic heterocycles. The third kappa shape index (κ3) is 5.55. The van der Waals surface area contributed by atoms with Crippen molar-refractivity contribution in [2.45, 2.75) is 61.7 Å². The molecule has 0 saturated heterocycles. The Kier molecular flexibility index (Phi) is 7.80. The van der Waals surface area contributed by atoms with E-state index in [0.717, 1.165) is 27.8 Å². The molecule has 3 rings (SSSR count). The highest BCUT2D eigenvalue weighted by Gasteiger charge is 2.37. The first-order valence-corrected chi connectivity index (χ1v) is 12.9. The van der Waals surface area contributed by atoms with Gasteiger partial charge in [0.1, 0.15) is 6.54 Å². The molecule has 0 fully saturated rings. The van der Waals surface area contributed by atoms with E-state index in [1.807, 2.05) is 0 Å². The molecule has 0 N–H and O–H groups in total. The van der Waals surface area contributed by atoms with Crippen LogP contribution in [0.1, 0.15) is 49.6 Å². The lowest BCUT2D eigenvalue weighted by molar-refractivity contribution is -0.144. The summed E-state index contributed by atoms with van der Waals surface area (Å²) in [4.78, 5) is 11.7. The number of hydrogen-bond acceptors (Lipinski definition) is 6. The van der Waals surface area contributed by atoms with Crippen LogP contribution >= 0.6 is 11.8 Å². The average molecular weight is 506 g/mol. The Balaban J connectivity index is 1.96.